The molecule has 3 nitrogen and oxygen atoms in total. The molecule has 0 saturated heterocycles. The molecule has 0 aromatic rings. The van der Waals surface area contributed by atoms with Crippen molar-refractivity contribution in [2.24, 2.45) is 11.7 Å². The summed E-state index contributed by atoms with van der Waals surface area (Å²) in [7, 11) is 0. The molecule has 1 rings (SSSR count). The lowest BCUT2D eigenvalue weighted by Gasteiger charge is -2.31. The van der Waals surface area contributed by atoms with E-state index in [1.165, 1.54) is 25.7 Å². The predicted octanol–water partition coefficient (Wildman–Crippen LogP) is 3.01. The number of nitrogens with two attached hydrogens (primary N) is 1. The average molecular weight is 277 g/mol. The molecule has 0 unspecified atom stereocenters. The molecular weight excluding hydrogens is 248 g/mol. The van der Waals surface area contributed by atoms with Crippen molar-refractivity contribution in [1.82, 2.24) is 5.32 Å². The van der Waals surface area contributed by atoms with Gasteiger partial charge in [-0.15, -0.1) is 12.4 Å². The van der Waals surface area contributed by atoms with Gasteiger partial charge in [0.15, 0.2) is 0 Å². The van der Waals surface area contributed by atoms with Crippen LogP contribution in [0.2, 0.25) is 0 Å². The van der Waals surface area contributed by atoms with Gasteiger partial charge in [0.05, 0.1) is 5.54 Å². The van der Waals surface area contributed by atoms with Gasteiger partial charge in [0.25, 0.3) is 0 Å². The number of rotatable bonds is 7. The van der Waals surface area contributed by atoms with Crippen molar-refractivity contribution in [1.29, 1.82) is 0 Å². The van der Waals surface area contributed by atoms with Crippen LogP contribution >= 0.6 is 12.4 Å². The molecule has 3 N–H and O–H groups in total. The smallest absolute Gasteiger partial charge is 0.220 e. The molecule has 1 aliphatic carbocycles. The first-order valence-corrected chi connectivity index (χ1v) is 7.17. The van der Waals surface area contributed by atoms with Crippen molar-refractivity contribution < 1.29 is 4.79 Å². The van der Waals surface area contributed by atoms with Gasteiger partial charge < -0.3 is 11.1 Å². The Labute approximate surface area is 118 Å². The largest absolute Gasteiger partial charge is 0.349 e. The maximum absolute atomic E-state index is 11.9. The van der Waals surface area contributed by atoms with Gasteiger partial charge in [0.1, 0.15) is 0 Å². The highest BCUT2D eigenvalue weighted by atomic mass is 35.5. The molecule has 108 valence electrons. The van der Waals surface area contributed by atoms with Gasteiger partial charge in [-0.2, -0.15) is 0 Å². The molecule has 1 aliphatic rings. The van der Waals surface area contributed by atoms with E-state index in [-0.39, 0.29) is 23.9 Å². The number of nitrogens with one attached hydrogen (secondary N) is 1. The number of carbonyl (C=O) groups is 1. The van der Waals surface area contributed by atoms with Crippen LogP contribution in [0.4, 0.5) is 0 Å². The fraction of sp³-hybridized carbons (Fsp3) is 0.929. The molecule has 18 heavy (non-hydrogen) atoms. The van der Waals surface area contributed by atoms with Gasteiger partial charge in [-0.25, -0.2) is 0 Å². The average Bonchev–Trinajstić information content (AvgIpc) is 2.87. The molecule has 0 aliphatic heterocycles. The van der Waals surface area contributed by atoms with Gasteiger partial charge >= 0.3 is 0 Å². The van der Waals surface area contributed by atoms with E-state index in [9.17, 15) is 4.79 Å². The molecule has 1 saturated carbocycles. The van der Waals surface area contributed by atoms with Crippen LogP contribution in [0.15, 0.2) is 0 Å². The third kappa shape index (κ3) is 5.15. The van der Waals surface area contributed by atoms with Crippen LogP contribution in [0.5, 0.6) is 0 Å². The molecular formula is C14H29ClN2O. The summed E-state index contributed by atoms with van der Waals surface area (Å²) in [6, 6.07) is 0. The lowest BCUT2D eigenvalue weighted by atomic mass is 9.92. The van der Waals surface area contributed by atoms with E-state index in [1.807, 2.05) is 0 Å². The van der Waals surface area contributed by atoms with Crippen molar-refractivity contribution >= 4 is 18.3 Å². The number of hydrogen-bond acceptors (Lipinski definition) is 2. The number of halogens is 1. The zero-order chi connectivity index (χ0) is 12.7. The van der Waals surface area contributed by atoms with Crippen LogP contribution in [0.3, 0.4) is 0 Å². The van der Waals surface area contributed by atoms with E-state index in [2.05, 4.69) is 19.2 Å². The van der Waals surface area contributed by atoms with E-state index in [0.717, 1.165) is 25.2 Å². The van der Waals surface area contributed by atoms with E-state index in [4.69, 9.17) is 5.73 Å². The Hall–Kier alpha value is -0.280. The molecule has 4 heteroatoms. The highest BCUT2D eigenvalue weighted by molar-refractivity contribution is 5.85. The van der Waals surface area contributed by atoms with Gasteiger partial charge in [-0.05, 0) is 25.2 Å². The summed E-state index contributed by atoms with van der Waals surface area (Å²) < 4.78 is 0. The fourth-order valence-electron chi connectivity index (χ4n) is 2.76. The van der Waals surface area contributed by atoms with Crippen molar-refractivity contribution in [3.05, 3.63) is 0 Å². The highest BCUT2D eigenvalue weighted by Gasteiger charge is 2.26. The Kier molecular flexibility index (Phi) is 8.62. The van der Waals surface area contributed by atoms with Crippen molar-refractivity contribution in [3.63, 3.8) is 0 Å². The second kappa shape index (κ2) is 8.76. The highest BCUT2D eigenvalue weighted by Crippen LogP contribution is 2.28. The van der Waals surface area contributed by atoms with Crippen LogP contribution in [-0.4, -0.2) is 18.0 Å². The summed E-state index contributed by atoms with van der Waals surface area (Å²) in [6.45, 7) is 4.72. The summed E-state index contributed by atoms with van der Waals surface area (Å²) in [5.41, 5.74) is 5.61. The first-order valence-electron chi connectivity index (χ1n) is 7.17. The summed E-state index contributed by atoms with van der Waals surface area (Å²) in [5, 5.41) is 3.14. The van der Waals surface area contributed by atoms with E-state index in [1.54, 1.807) is 0 Å². The van der Waals surface area contributed by atoms with E-state index in [0.29, 0.717) is 13.0 Å². The van der Waals surface area contributed by atoms with Crippen molar-refractivity contribution in [3.8, 4) is 0 Å². The van der Waals surface area contributed by atoms with Crippen LogP contribution in [0.1, 0.15) is 65.2 Å². The Morgan fingerprint density at radius 2 is 1.83 bits per heavy atom. The first kappa shape index (κ1) is 17.7. The summed E-state index contributed by atoms with van der Waals surface area (Å²) in [4.78, 5) is 11.9. The standard InChI is InChI=1S/C14H28N2O.ClH/c1-3-14(4-2,11-15)16-13(17)10-9-12-7-5-6-8-12;/h12H,3-11,15H2,1-2H3,(H,16,17);1H. The third-order valence-corrected chi connectivity index (χ3v) is 4.40. The number of hydrogen-bond donors (Lipinski definition) is 2. The Morgan fingerprint density at radius 1 is 1.28 bits per heavy atom. The minimum absolute atomic E-state index is 0. The van der Waals surface area contributed by atoms with Gasteiger partial charge in [-0.1, -0.05) is 39.5 Å². The molecule has 0 aromatic carbocycles. The Balaban J connectivity index is 0.00000289. The number of amides is 1. The summed E-state index contributed by atoms with van der Waals surface area (Å²) >= 11 is 0. The second-order valence-corrected chi connectivity index (χ2v) is 5.43. The predicted molar refractivity (Wildman–Crippen MR) is 79.0 cm³/mol. The zero-order valence-corrected chi connectivity index (χ0v) is 12.7. The third-order valence-electron chi connectivity index (χ3n) is 4.40. The summed E-state index contributed by atoms with van der Waals surface area (Å²) in [5.74, 6) is 0.974. The Bertz CT molecular complexity index is 228. The molecule has 1 fully saturated rings. The lowest BCUT2D eigenvalue weighted by Crippen LogP contribution is -2.52. The van der Waals surface area contributed by atoms with Gasteiger partial charge in [0.2, 0.25) is 5.91 Å². The number of carbonyl (C=O) groups excluding carboxylic acids is 1. The molecule has 0 aromatic heterocycles. The van der Waals surface area contributed by atoms with Crippen LogP contribution < -0.4 is 11.1 Å². The van der Waals surface area contributed by atoms with Crippen LogP contribution in [0, 0.1) is 5.92 Å². The minimum atomic E-state index is -0.174. The maximum Gasteiger partial charge on any atom is 0.220 e. The molecule has 0 spiro atoms. The van der Waals surface area contributed by atoms with Gasteiger partial charge in [0, 0.05) is 13.0 Å². The molecule has 0 heterocycles. The normalized spacial score (nSPS) is 16.4. The minimum Gasteiger partial charge on any atom is -0.349 e. The SMILES string of the molecule is CCC(CC)(CN)NC(=O)CCC1CCCC1.Cl. The second-order valence-electron chi connectivity index (χ2n) is 5.43. The zero-order valence-electron chi connectivity index (χ0n) is 11.8. The molecule has 0 radical (unpaired) electrons. The van der Waals surface area contributed by atoms with E-state index >= 15 is 0 Å². The van der Waals surface area contributed by atoms with Crippen LogP contribution in [-0.2, 0) is 4.79 Å². The summed E-state index contributed by atoms with van der Waals surface area (Å²) in [6.07, 6.45) is 8.89. The van der Waals surface area contributed by atoms with Crippen LogP contribution in [0.25, 0.3) is 0 Å². The lowest BCUT2D eigenvalue weighted by molar-refractivity contribution is -0.123. The van der Waals surface area contributed by atoms with Crippen molar-refractivity contribution in [2.75, 3.05) is 6.54 Å². The fourth-order valence-corrected chi connectivity index (χ4v) is 2.76. The monoisotopic (exact) mass is 276 g/mol. The Morgan fingerprint density at radius 3 is 2.28 bits per heavy atom. The quantitative estimate of drug-likeness (QED) is 0.751. The molecule has 1 amide bonds. The maximum atomic E-state index is 11.9. The molecule has 0 bridgehead atoms. The first-order chi connectivity index (χ1) is 8.15. The van der Waals surface area contributed by atoms with E-state index < -0.39 is 0 Å². The topological polar surface area (TPSA) is 55.1 Å². The van der Waals surface area contributed by atoms with Crippen molar-refractivity contribution in [2.45, 2.75) is 70.8 Å². The molecule has 0 atom stereocenters. The van der Waals surface area contributed by atoms with Gasteiger partial charge in [-0.3, -0.25) is 4.79 Å².